The van der Waals surface area contributed by atoms with Crippen molar-refractivity contribution in [2.75, 3.05) is 6.61 Å². The number of fused-ring (bicyclic) bond motifs is 1. The van der Waals surface area contributed by atoms with Crippen LogP contribution in [0.5, 0.6) is 0 Å². The highest BCUT2D eigenvalue weighted by atomic mass is 19.1. The maximum atomic E-state index is 13.5. The van der Waals surface area contributed by atoms with Gasteiger partial charge in [0.25, 0.3) is 5.91 Å². The Labute approximate surface area is 156 Å². The topological polar surface area (TPSA) is 71.2 Å². The molecule has 2 N–H and O–H groups in total. The molecule has 0 aliphatic heterocycles. The fraction of sp³-hybridized carbons (Fsp3) is 0.238. The molecule has 1 amide bonds. The molecule has 1 heterocycles. The quantitative estimate of drug-likeness (QED) is 0.598. The Kier molecular flexibility index (Phi) is 6.20. The van der Waals surface area contributed by atoms with Gasteiger partial charge in [0.1, 0.15) is 5.82 Å². The minimum atomic E-state index is -0.455. The van der Waals surface area contributed by atoms with Crippen molar-refractivity contribution in [3.8, 4) is 0 Å². The second kappa shape index (κ2) is 8.98. The molecule has 6 heteroatoms. The summed E-state index contributed by atoms with van der Waals surface area (Å²) in [5.74, 6) is -1.26. The lowest BCUT2D eigenvalue weighted by Crippen LogP contribution is -2.28. The van der Waals surface area contributed by atoms with E-state index in [1.54, 1.807) is 18.2 Å². The first kappa shape index (κ1) is 18.6. The van der Waals surface area contributed by atoms with E-state index in [2.05, 4.69) is 10.3 Å². The van der Waals surface area contributed by atoms with Crippen LogP contribution < -0.4 is 5.32 Å². The molecule has 0 fully saturated rings. The number of rotatable bonds is 8. The van der Waals surface area contributed by atoms with Crippen molar-refractivity contribution in [3.63, 3.8) is 0 Å². The predicted molar refractivity (Wildman–Crippen MR) is 100 cm³/mol. The van der Waals surface area contributed by atoms with E-state index in [9.17, 15) is 14.0 Å². The van der Waals surface area contributed by atoms with Gasteiger partial charge in [0.2, 0.25) is 0 Å². The average molecular weight is 368 g/mol. The number of aryl methyl sites for hydroxylation is 1. The van der Waals surface area contributed by atoms with E-state index in [-0.39, 0.29) is 25.4 Å². The van der Waals surface area contributed by atoms with Crippen LogP contribution in [0.3, 0.4) is 0 Å². The molecule has 0 radical (unpaired) electrons. The number of halogens is 1. The first-order valence-electron chi connectivity index (χ1n) is 8.84. The number of aromatic amines is 1. The Morgan fingerprint density at radius 2 is 1.81 bits per heavy atom. The zero-order valence-corrected chi connectivity index (χ0v) is 14.8. The lowest BCUT2D eigenvalue weighted by atomic mass is 10.1. The number of hydrogen-bond acceptors (Lipinski definition) is 3. The fourth-order valence-electron chi connectivity index (χ4n) is 2.87. The van der Waals surface area contributed by atoms with Gasteiger partial charge in [0.05, 0.1) is 0 Å². The normalized spacial score (nSPS) is 10.7. The summed E-state index contributed by atoms with van der Waals surface area (Å²) in [5.41, 5.74) is 2.61. The van der Waals surface area contributed by atoms with Crippen LogP contribution >= 0.6 is 0 Å². The van der Waals surface area contributed by atoms with E-state index in [0.29, 0.717) is 12.0 Å². The second-order valence-electron chi connectivity index (χ2n) is 6.24. The van der Waals surface area contributed by atoms with Crippen LogP contribution in [0.25, 0.3) is 10.9 Å². The van der Waals surface area contributed by atoms with Gasteiger partial charge in [0, 0.05) is 35.6 Å². The van der Waals surface area contributed by atoms with Gasteiger partial charge in [-0.05, 0) is 30.5 Å². The molecule has 140 valence electrons. The summed E-state index contributed by atoms with van der Waals surface area (Å²) in [6.07, 6.45) is 3.57. The van der Waals surface area contributed by atoms with E-state index < -0.39 is 11.9 Å². The number of aromatic nitrogens is 1. The van der Waals surface area contributed by atoms with Crippen molar-refractivity contribution in [3.05, 3.63) is 71.7 Å². The van der Waals surface area contributed by atoms with Crippen LogP contribution in [0.4, 0.5) is 4.39 Å². The molecule has 27 heavy (non-hydrogen) atoms. The summed E-state index contributed by atoms with van der Waals surface area (Å²) in [6.45, 7) is -0.302. The van der Waals surface area contributed by atoms with Crippen LogP contribution in [0.15, 0.2) is 54.7 Å². The largest absolute Gasteiger partial charge is 0.456 e. The molecular formula is C21H21FN2O3. The predicted octanol–water partition coefficient (Wildman–Crippen LogP) is 3.49. The van der Waals surface area contributed by atoms with Gasteiger partial charge >= 0.3 is 5.97 Å². The minimum absolute atomic E-state index is 0.0591. The van der Waals surface area contributed by atoms with Crippen LogP contribution in [0.2, 0.25) is 0 Å². The SMILES string of the molecule is O=C(COC(=O)CCCc1c[nH]c2ccccc12)NCc1ccccc1F. The molecule has 0 aliphatic carbocycles. The third-order valence-corrected chi connectivity index (χ3v) is 4.30. The summed E-state index contributed by atoms with van der Waals surface area (Å²) < 4.78 is 18.4. The Morgan fingerprint density at radius 3 is 2.67 bits per heavy atom. The Bertz CT molecular complexity index is 936. The molecule has 0 bridgehead atoms. The first-order valence-corrected chi connectivity index (χ1v) is 8.84. The van der Waals surface area contributed by atoms with Gasteiger partial charge in [-0.1, -0.05) is 36.4 Å². The number of benzene rings is 2. The summed E-state index contributed by atoms with van der Waals surface area (Å²) in [5, 5.41) is 3.68. The highest BCUT2D eigenvalue weighted by Gasteiger charge is 2.10. The number of esters is 1. The Balaban J connectivity index is 1.36. The van der Waals surface area contributed by atoms with Gasteiger partial charge in [-0.3, -0.25) is 9.59 Å². The molecule has 0 spiro atoms. The van der Waals surface area contributed by atoms with Crippen molar-refractivity contribution in [2.45, 2.75) is 25.8 Å². The number of H-pyrrole nitrogens is 1. The Hall–Kier alpha value is -3.15. The van der Waals surface area contributed by atoms with Crippen LogP contribution in [-0.4, -0.2) is 23.5 Å². The van der Waals surface area contributed by atoms with E-state index >= 15 is 0 Å². The average Bonchev–Trinajstić information content (AvgIpc) is 3.09. The van der Waals surface area contributed by atoms with Gasteiger partial charge in [0.15, 0.2) is 6.61 Å². The van der Waals surface area contributed by atoms with Crippen LogP contribution in [-0.2, 0) is 27.3 Å². The van der Waals surface area contributed by atoms with Crippen LogP contribution in [0.1, 0.15) is 24.0 Å². The summed E-state index contributed by atoms with van der Waals surface area (Å²) in [7, 11) is 0. The van der Waals surface area contributed by atoms with E-state index in [1.807, 2.05) is 30.5 Å². The van der Waals surface area contributed by atoms with Gasteiger partial charge < -0.3 is 15.0 Å². The first-order chi connectivity index (χ1) is 13.1. The molecule has 2 aromatic carbocycles. The third kappa shape index (κ3) is 5.17. The lowest BCUT2D eigenvalue weighted by molar-refractivity contribution is -0.148. The molecule has 3 aromatic rings. The molecule has 5 nitrogen and oxygen atoms in total. The number of ether oxygens (including phenoxy) is 1. The monoisotopic (exact) mass is 368 g/mol. The van der Waals surface area contributed by atoms with Gasteiger partial charge in [-0.2, -0.15) is 0 Å². The molecule has 1 aromatic heterocycles. The maximum absolute atomic E-state index is 13.5. The van der Waals surface area contributed by atoms with Gasteiger partial charge in [-0.15, -0.1) is 0 Å². The summed E-state index contributed by atoms with van der Waals surface area (Å²) >= 11 is 0. The number of nitrogens with one attached hydrogen (secondary N) is 2. The van der Waals surface area contributed by atoms with Gasteiger partial charge in [-0.25, -0.2) is 4.39 Å². The second-order valence-corrected chi connectivity index (χ2v) is 6.24. The van der Waals surface area contributed by atoms with E-state index in [1.165, 1.54) is 6.07 Å². The smallest absolute Gasteiger partial charge is 0.306 e. The van der Waals surface area contributed by atoms with Crippen LogP contribution in [0, 0.1) is 5.82 Å². The fourth-order valence-corrected chi connectivity index (χ4v) is 2.87. The number of para-hydroxylation sites is 1. The third-order valence-electron chi connectivity index (χ3n) is 4.30. The Morgan fingerprint density at radius 1 is 1.04 bits per heavy atom. The number of carbonyl (C=O) groups is 2. The molecule has 0 aliphatic rings. The molecular weight excluding hydrogens is 347 g/mol. The molecule has 0 saturated carbocycles. The summed E-state index contributed by atoms with van der Waals surface area (Å²) in [6, 6.07) is 14.2. The lowest BCUT2D eigenvalue weighted by Gasteiger charge is -2.07. The van der Waals surface area contributed by atoms with Crippen molar-refractivity contribution in [2.24, 2.45) is 0 Å². The maximum Gasteiger partial charge on any atom is 0.306 e. The standard InChI is InChI=1S/C21H21FN2O3/c22-18-9-3-1-6-16(18)13-24-20(25)14-27-21(26)11-5-7-15-12-23-19-10-4-2-8-17(15)19/h1-4,6,8-10,12,23H,5,7,11,13-14H2,(H,24,25). The molecule has 0 saturated heterocycles. The minimum Gasteiger partial charge on any atom is -0.456 e. The highest BCUT2D eigenvalue weighted by Crippen LogP contribution is 2.19. The van der Waals surface area contributed by atoms with Crippen molar-refractivity contribution >= 4 is 22.8 Å². The number of hydrogen-bond donors (Lipinski definition) is 2. The van der Waals surface area contributed by atoms with E-state index in [4.69, 9.17) is 4.74 Å². The summed E-state index contributed by atoms with van der Waals surface area (Å²) in [4.78, 5) is 26.7. The number of carbonyl (C=O) groups excluding carboxylic acids is 2. The molecule has 0 atom stereocenters. The van der Waals surface area contributed by atoms with E-state index in [0.717, 1.165) is 22.9 Å². The zero-order valence-electron chi connectivity index (χ0n) is 14.8. The zero-order chi connectivity index (χ0) is 19.1. The van der Waals surface area contributed by atoms with Crippen molar-refractivity contribution in [1.29, 1.82) is 0 Å². The van der Waals surface area contributed by atoms with Crippen molar-refractivity contribution < 1.29 is 18.7 Å². The number of amides is 1. The van der Waals surface area contributed by atoms with Crippen molar-refractivity contribution in [1.82, 2.24) is 10.3 Å². The highest BCUT2D eigenvalue weighted by molar-refractivity contribution is 5.83. The molecule has 0 unspecified atom stereocenters. The molecule has 3 rings (SSSR count).